The molecule has 27 heavy (non-hydrogen) atoms. The number of ether oxygens (including phenoxy) is 1. The summed E-state index contributed by atoms with van der Waals surface area (Å²) in [6.07, 6.45) is 2.82. The first-order chi connectivity index (χ1) is 12.8. The minimum absolute atomic E-state index is 0.0579. The van der Waals surface area contributed by atoms with Gasteiger partial charge in [0.2, 0.25) is 5.91 Å². The van der Waals surface area contributed by atoms with Gasteiger partial charge in [0.15, 0.2) is 0 Å². The van der Waals surface area contributed by atoms with Crippen molar-refractivity contribution in [1.82, 2.24) is 15.5 Å². The SMILES string of the molecule is CCCCCNC(=O)CN1C(=O)N[C@](C)(c2ccc(OC(F)F)cc2)C1=O. The number of hydrogen-bond donors (Lipinski definition) is 2. The molecular weight excluding hydrogens is 360 g/mol. The zero-order valence-electron chi connectivity index (χ0n) is 15.3. The maximum Gasteiger partial charge on any atom is 0.387 e. The molecule has 9 heteroatoms. The molecular formula is C18H23F2N3O4. The molecule has 0 unspecified atom stereocenters. The number of alkyl halides is 2. The Bertz CT molecular complexity index is 696. The molecule has 148 valence electrons. The van der Waals surface area contributed by atoms with Gasteiger partial charge >= 0.3 is 12.6 Å². The van der Waals surface area contributed by atoms with E-state index in [0.717, 1.165) is 24.2 Å². The Labute approximate surface area is 156 Å². The van der Waals surface area contributed by atoms with Crippen LogP contribution in [-0.4, -0.2) is 42.4 Å². The molecule has 4 amide bonds. The first-order valence-electron chi connectivity index (χ1n) is 8.74. The third-order valence-electron chi connectivity index (χ3n) is 4.34. The summed E-state index contributed by atoms with van der Waals surface area (Å²) in [5.74, 6) is -1.06. The maximum atomic E-state index is 12.7. The molecule has 0 aromatic heterocycles. The first kappa shape index (κ1) is 20.6. The molecule has 7 nitrogen and oxygen atoms in total. The van der Waals surface area contributed by atoms with Gasteiger partial charge in [-0.1, -0.05) is 31.9 Å². The normalized spacial score (nSPS) is 19.4. The summed E-state index contributed by atoms with van der Waals surface area (Å²) in [5, 5.41) is 5.23. The van der Waals surface area contributed by atoms with Crippen molar-refractivity contribution in [1.29, 1.82) is 0 Å². The molecule has 1 heterocycles. The van der Waals surface area contributed by atoms with Crippen LogP contribution in [0.4, 0.5) is 13.6 Å². The number of nitrogens with zero attached hydrogens (tertiary/aromatic N) is 1. The van der Waals surface area contributed by atoms with E-state index < -0.39 is 30.0 Å². The van der Waals surface area contributed by atoms with E-state index in [2.05, 4.69) is 15.4 Å². The maximum absolute atomic E-state index is 12.7. The predicted molar refractivity (Wildman–Crippen MR) is 93.2 cm³/mol. The molecule has 0 spiro atoms. The highest BCUT2D eigenvalue weighted by Gasteiger charge is 2.49. The van der Waals surface area contributed by atoms with Gasteiger partial charge in [0.25, 0.3) is 5.91 Å². The second-order valence-corrected chi connectivity index (χ2v) is 6.41. The van der Waals surface area contributed by atoms with Crippen LogP contribution in [0.2, 0.25) is 0 Å². The molecule has 0 saturated carbocycles. The van der Waals surface area contributed by atoms with Crippen LogP contribution < -0.4 is 15.4 Å². The lowest BCUT2D eigenvalue weighted by Crippen LogP contribution is -2.43. The Hall–Kier alpha value is -2.71. The summed E-state index contributed by atoms with van der Waals surface area (Å²) in [6, 6.07) is 4.73. The second kappa shape index (κ2) is 8.79. The fourth-order valence-corrected chi connectivity index (χ4v) is 2.81. The molecule has 0 aliphatic carbocycles. The van der Waals surface area contributed by atoms with E-state index in [4.69, 9.17) is 0 Å². The summed E-state index contributed by atoms with van der Waals surface area (Å²) in [6.45, 7) is 0.695. The van der Waals surface area contributed by atoms with Gasteiger partial charge in [-0.2, -0.15) is 8.78 Å². The Morgan fingerprint density at radius 2 is 1.93 bits per heavy atom. The third-order valence-corrected chi connectivity index (χ3v) is 4.34. The Balaban J connectivity index is 2.04. The molecule has 1 aliphatic rings. The van der Waals surface area contributed by atoms with Crippen LogP contribution in [0, 0.1) is 0 Å². The van der Waals surface area contributed by atoms with Crippen LogP contribution in [0.15, 0.2) is 24.3 Å². The van der Waals surface area contributed by atoms with E-state index in [1.54, 1.807) is 0 Å². The van der Waals surface area contributed by atoms with E-state index in [-0.39, 0.29) is 12.3 Å². The van der Waals surface area contributed by atoms with Crippen molar-refractivity contribution in [3.05, 3.63) is 29.8 Å². The highest BCUT2D eigenvalue weighted by molar-refractivity contribution is 6.09. The summed E-state index contributed by atoms with van der Waals surface area (Å²) < 4.78 is 28.7. The van der Waals surface area contributed by atoms with E-state index >= 15 is 0 Å². The number of rotatable bonds is 9. The van der Waals surface area contributed by atoms with Gasteiger partial charge in [0, 0.05) is 6.54 Å². The Kier molecular flexibility index (Phi) is 6.70. The summed E-state index contributed by atoms with van der Waals surface area (Å²) in [4.78, 5) is 37.7. The zero-order valence-corrected chi connectivity index (χ0v) is 15.3. The van der Waals surface area contributed by atoms with Crippen molar-refractivity contribution in [2.24, 2.45) is 0 Å². The number of benzene rings is 1. The number of nitrogens with one attached hydrogen (secondary N) is 2. The summed E-state index contributed by atoms with van der Waals surface area (Å²) >= 11 is 0. The quantitative estimate of drug-likeness (QED) is 0.506. The monoisotopic (exact) mass is 383 g/mol. The molecule has 1 atom stereocenters. The lowest BCUT2D eigenvalue weighted by molar-refractivity contribution is -0.134. The van der Waals surface area contributed by atoms with Crippen molar-refractivity contribution < 1.29 is 27.9 Å². The van der Waals surface area contributed by atoms with Gasteiger partial charge in [0.1, 0.15) is 17.8 Å². The van der Waals surface area contributed by atoms with Crippen molar-refractivity contribution in [3.8, 4) is 5.75 Å². The topological polar surface area (TPSA) is 87.7 Å². The number of carbonyl (C=O) groups is 3. The van der Waals surface area contributed by atoms with E-state index in [1.165, 1.54) is 31.2 Å². The van der Waals surface area contributed by atoms with E-state index in [1.807, 2.05) is 6.92 Å². The van der Waals surface area contributed by atoms with Crippen LogP contribution in [0.5, 0.6) is 5.75 Å². The highest BCUT2D eigenvalue weighted by Crippen LogP contribution is 2.30. The largest absolute Gasteiger partial charge is 0.435 e. The molecule has 2 rings (SSSR count). The third kappa shape index (κ3) is 4.93. The molecule has 0 bridgehead atoms. The lowest BCUT2D eigenvalue weighted by Gasteiger charge is -2.22. The lowest BCUT2D eigenvalue weighted by atomic mass is 9.92. The van der Waals surface area contributed by atoms with Crippen molar-refractivity contribution in [3.63, 3.8) is 0 Å². The molecule has 1 aromatic carbocycles. The number of unbranched alkanes of at least 4 members (excludes halogenated alkanes) is 2. The first-order valence-corrected chi connectivity index (χ1v) is 8.74. The predicted octanol–water partition coefficient (Wildman–Crippen LogP) is 2.36. The number of hydrogen-bond acceptors (Lipinski definition) is 4. The standard InChI is InChI=1S/C18H23F2N3O4/c1-3-4-5-10-21-14(24)11-23-15(25)18(2,22-17(23)26)12-6-8-13(9-7-12)27-16(19)20/h6-9,16H,3-5,10-11H2,1-2H3,(H,21,24)(H,22,26)/t18-/m1/s1. The Morgan fingerprint density at radius 3 is 2.52 bits per heavy atom. The molecule has 1 saturated heterocycles. The molecule has 0 radical (unpaired) electrons. The van der Waals surface area contributed by atoms with Crippen LogP contribution >= 0.6 is 0 Å². The van der Waals surface area contributed by atoms with Crippen LogP contribution in [0.25, 0.3) is 0 Å². The average Bonchev–Trinajstić information content (AvgIpc) is 2.83. The van der Waals surface area contributed by atoms with Crippen LogP contribution in [0.3, 0.4) is 0 Å². The fraction of sp³-hybridized carbons (Fsp3) is 0.500. The highest BCUT2D eigenvalue weighted by atomic mass is 19.3. The van der Waals surface area contributed by atoms with Gasteiger partial charge < -0.3 is 15.4 Å². The molecule has 1 aromatic rings. The minimum Gasteiger partial charge on any atom is -0.435 e. The van der Waals surface area contributed by atoms with Crippen molar-refractivity contribution in [2.45, 2.75) is 45.3 Å². The number of carbonyl (C=O) groups excluding carboxylic acids is 3. The zero-order chi connectivity index (χ0) is 20.0. The van der Waals surface area contributed by atoms with Gasteiger partial charge in [-0.3, -0.25) is 14.5 Å². The average molecular weight is 383 g/mol. The molecule has 2 N–H and O–H groups in total. The second-order valence-electron chi connectivity index (χ2n) is 6.41. The minimum atomic E-state index is -2.95. The van der Waals surface area contributed by atoms with Crippen molar-refractivity contribution >= 4 is 17.8 Å². The fourth-order valence-electron chi connectivity index (χ4n) is 2.81. The number of halogens is 2. The number of imide groups is 1. The number of urea groups is 1. The van der Waals surface area contributed by atoms with Gasteiger partial charge in [-0.25, -0.2) is 4.79 Å². The van der Waals surface area contributed by atoms with Gasteiger partial charge in [0.05, 0.1) is 0 Å². The summed E-state index contributed by atoms with van der Waals surface area (Å²) in [7, 11) is 0. The van der Waals surface area contributed by atoms with Gasteiger partial charge in [-0.15, -0.1) is 0 Å². The van der Waals surface area contributed by atoms with Crippen LogP contribution in [0.1, 0.15) is 38.7 Å². The molecule has 1 fully saturated rings. The van der Waals surface area contributed by atoms with E-state index in [9.17, 15) is 23.2 Å². The summed E-state index contributed by atoms with van der Waals surface area (Å²) in [5.41, 5.74) is -0.989. The van der Waals surface area contributed by atoms with Gasteiger partial charge in [-0.05, 0) is 31.0 Å². The smallest absolute Gasteiger partial charge is 0.387 e. The van der Waals surface area contributed by atoms with Crippen molar-refractivity contribution in [2.75, 3.05) is 13.1 Å². The Morgan fingerprint density at radius 1 is 1.26 bits per heavy atom. The number of amides is 4. The molecule has 1 aliphatic heterocycles. The van der Waals surface area contributed by atoms with Crippen LogP contribution in [-0.2, 0) is 15.1 Å². The van der Waals surface area contributed by atoms with E-state index in [0.29, 0.717) is 12.1 Å².